The Kier molecular flexibility index (Phi) is 5.17. The highest BCUT2D eigenvalue weighted by Gasteiger charge is 2.46. The summed E-state index contributed by atoms with van der Waals surface area (Å²) >= 11 is 0. The fourth-order valence-electron chi connectivity index (χ4n) is 4.51. The van der Waals surface area contributed by atoms with E-state index in [4.69, 9.17) is 0 Å². The third-order valence-electron chi connectivity index (χ3n) is 6.07. The van der Waals surface area contributed by atoms with E-state index in [2.05, 4.69) is 4.90 Å². The molecule has 3 aliphatic heterocycles. The number of fused-ring (bicyclic) bond motifs is 1. The van der Waals surface area contributed by atoms with Crippen LogP contribution in [0.3, 0.4) is 0 Å². The van der Waals surface area contributed by atoms with E-state index in [0.717, 1.165) is 57.7 Å². The standard InChI is InChI=1S/C19H25N5O4/c25-18-17-6-2-8-22(17)19(26)23(18)9-3-7-20-10-12-21(13-11-20)15-4-1-5-16(14-15)24(27)28/h1,4-5,14,17H,2-3,6-13H2/p+1/t17-/m0/s1. The van der Waals surface area contributed by atoms with Gasteiger partial charge in [0.1, 0.15) is 6.04 Å². The number of carbonyl (C=O) groups excluding carboxylic acids is 2. The fourth-order valence-corrected chi connectivity index (χ4v) is 4.51. The summed E-state index contributed by atoms with van der Waals surface area (Å²) in [6.07, 6.45) is 2.53. The number of piperazine rings is 1. The maximum Gasteiger partial charge on any atom is 0.327 e. The number of non-ortho nitro benzene ring substituents is 1. The molecule has 1 aromatic carbocycles. The molecule has 3 saturated heterocycles. The van der Waals surface area contributed by atoms with Crippen molar-refractivity contribution in [2.45, 2.75) is 25.3 Å². The molecule has 0 aliphatic carbocycles. The third-order valence-corrected chi connectivity index (χ3v) is 6.07. The second kappa shape index (κ2) is 7.75. The normalized spacial score (nSPS) is 22.9. The second-order valence-corrected chi connectivity index (χ2v) is 7.74. The van der Waals surface area contributed by atoms with Crippen LogP contribution in [0.15, 0.2) is 24.3 Å². The highest BCUT2D eigenvalue weighted by atomic mass is 16.6. The highest BCUT2D eigenvalue weighted by Crippen LogP contribution is 2.27. The number of rotatable bonds is 6. The second-order valence-electron chi connectivity index (χ2n) is 7.74. The van der Waals surface area contributed by atoms with E-state index >= 15 is 0 Å². The Labute approximate surface area is 163 Å². The number of nitrogens with one attached hydrogen (secondary N) is 1. The molecule has 0 saturated carbocycles. The van der Waals surface area contributed by atoms with Crippen LogP contribution < -0.4 is 9.80 Å². The summed E-state index contributed by atoms with van der Waals surface area (Å²) in [6.45, 7) is 5.70. The van der Waals surface area contributed by atoms with E-state index in [9.17, 15) is 19.7 Å². The number of anilines is 1. The van der Waals surface area contributed by atoms with E-state index in [1.54, 1.807) is 17.0 Å². The molecule has 3 aliphatic rings. The van der Waals surface area contributed by atoms with Crippen LogP contribution in [0.4, 0.5) is 16.2 Å². The predicted octanol–water partition coefficient (Wildman–Crippen LogP) is 0.116. The number of nitro benzene ring substituents is 1. The van der Waals surface area contributed by atoms with Crippen molar-refractivity contribution in [1.82, 2.24) is 9.80 Å². The van der Waals surface area contributed by atoms with E-state index in [1.807, 2.05) is 6.07 Å². The molecule has 0 spiro atoms. The first-order chi connectivity index (χ1) is 13.5. The minimum atomic E-state index is -0.364. The number of amides is 3. The number of nitro groups is 1. The van der Waals surface area contributed by atoms with Crippen molar-refractivity contribution >= 4 is 23.3 Å². The van der Waals surface area contributed by atoms with Gasteiger partial charge in [-0.1, -0.05) is 6.07 Å². The molecule has 1 atom stereocenters. The Morgan fingerprint density at radius 2 is 1.96 bits per heavy atom. The first-order valence-electron chi connectivity index (χ1n) is 9.99. The zero-order valence-electron chi connectivity index (χ0n) is 15.9. The number of nitrogens with zero attached hydrogens (tertiary/aromatic N) is 4. The maximum atomic E-state index is 12.4. The van der Waals surface area contributed by atoms with Gasteiger partial charge in [0.15, 0.2) is 0 Å². The zero-order chi connectivity index (χ0) is 19.7. The average molecular weight is 388 g/mol. The van der Waals surface area contributed by atoms with Crippen molar-refractivity contribution in [2.75, 3.05) is 50.7 Å². The highest BCUT2D eigenvalue weighted by molar-refractivity contribution is 6.04. The smallest absolute Gasteiger partial charge is 0.327 e. The molecule has 1 aromatic rings. The van der Waals surface area contributed by atoms with Crippen molar-refractivity contribution < 1.29 is 19.4 Å². The fraction of sp³-hybridized carbons (Fsp3) is 0.579. The van der Waals surface area contributed by atoms with Gasteiger partial charge < -0.3 is 14.7 Å². The lowest BCUT2D eigenvalue weighted by atomic mass is 10.2. The lowest BCUT2D eigenvalue weighted by Crippen LogP contribution is -3.15. The molecule has 3 amide bonds. The van der Waals surface area contributed by atoms with Gasteiger partial charge in [-0.2, -0.15) is 0 Å². The number of hydrogen-bond acceptors (Lipinski definition) is 5. The lowest BCUT2D eigenvalue weighted by molar-refractivity contribution is -0.900. The number of hydrogen-bond donors (Lipinski definition) is 1. The number of quaternary nitrogens is 1. The Bertz CT molecular complexity index is 755. The Morgan fingerprint density at radius 1 is 1.18 bits per heavy atom. The van der Waals surface area contributed by atoms with Crippen molar-refractivity contribution in [3.8, 4) is 0 Å². The summed E-state index contributed by atoms with van der Waals surface area (Å²) in [5.41, 5.74) is 1.01. The van der Waals surface area contributed by atoms with Gasteiger partial charge in [0, 0.05) is 37.3 Å². The van der Waals surface area contributed by atoms with Crippen LogP contribution in [0, 0.1) is 10.1 Å². The monoisotopic (exact) mass is 388 g/mol. The molecular weight excluding hydrogens is 362 g/mol. The van der Waals surface area contributed by atoms with Gasteiger partial charge in [0.05, 0.1) is 37.6 Å². The molecule has 0 aromatic heterocycles. The van der Waals surface area contributed by atoms with Crippen molar-refractivity contribution in [2.24, 2.45) is 0 Å². The number of urea groups is 1. The van der Waals surface area contributed by atoms with Gasteiger partial charge in [-0.15, -0.1) is 0 Å². The topological polar surface area (TPSA) is 91.4 Å². The number of benzene rings is 1. The van der Waals surface area contributed by atoms with Gasteiger partial charge >= 0.3 is 6.03 Å². The molecule has 3 fully saturated rings. The molecule has 0 bridgehead atoms. The van der Waals surface area contributed by atoms with Crippen molar-refractivity contribution in [3.05, 3.63) is 34.4 Å². The summed E-state index contributed by atoms with van der Waals surface area (Å²) in [5, 5.41) is 11.0. The Balaban J connectivity index is 1.23. The molecule has 28 heavy (non-hydrogen) atoms. The predicted molar refractivity (Wildman–Crippen MR) is 102 cm³/mol. The summed E-state index contributed by atoms with van der Waals surface area (Å²) in [4.78, 5) is 42.0. The molecule has 0 radical (unpaired) electrons. The van der Waals surface area contributed by atoms with Crippen LogP contribution in [0.25, 0.3) is 0 Å². The summed E-state index contributed by atoms with van der Waals surface area (Å²) in [6, 6.07) is 6.45. The molecular formula is C19H26N5O4+. The van der Waals surface area contributed by atoms with Gasteiger partial charge in [-0.05, 0) is 18.9 Å². The van der Waals surface area contributed by atoms with Crippen molar-refractivity contribution in [1.29, 1.82) is 0 Å². The molecule has 3 heterocycles. The molecule has 150 valence electrons. The molecule has 0 unspecified atom stereocenters. The Hall–Kier alpha value is -2.68. The first-order valence-corrected chi connectivity index (χ1v) is 9.99. The zero-order valence-corrected chi connectivity index (χ0v) is 15.9. The molecule has 1 N–H and O–H groups in total. The minimum absolute atomic E-state index is 0.0204. The average Bonchev–Trinajstić information content (AvgIpc) is 3.28. The van der Waals surface area contributed by atoms with E-state index < -0.39 is 0 Å². The van der Waals surface area contributed by atoms with E-state index in [-0.39, 0.29) is 28.6 Å². The van der Waals surface area contributed by atoms with Crippen LogP contribution in [0.5, 0.6) is 0 Å². The summed E-state index contributed by atoms with van der Waals surface area (Å²) in [7, 11) is 0. The molecule has 9 heteroatoms. The first kappa shape index (κ1) is 18.7. The van der Waals surface area contributed by atoms with Crippen LogP contribution in [0.2, 0.25) is 0 Å². The van der Waals surface area contributed by atoms with Gasteiger partial charge in [-0.3, -0.25) is 19.8 Å². The van der Waals surface area contributed by atoms with Crippen LogP contribution in [0.1, 0.15) is 19.3 Å². The Morgan fingerprint density at radius 3 is 2.68 bits per heavy atom. The van der Waals surface area contributed by atoms with Gasteiger partial charge in [0.25, 0.3) is 11.6 Å². The van der Waals surface area contributed by atoms with Gasteiger partial charge in [0.2, 0.25) is 0 Å². The van der Waals surface area contributed by atoms with Crippen LogP contribution in [-0.2, 0) is 4.79 Å². The summed E-state index contributed by atoms with van der Waals surface area (Å²) < 4.78 is 0. The van der Waals surface area contributed by atoms with E-state index in [0.29, 0.717) is 13.1 Å². The quantitative estimate of drug-likeness (QED) is 0.425. The van der Waals surface area contributed by atoms with E-state index in [1.165, 1.54) is 15.9 Å². The van der Waals surface area contributed by atoms with Gasteiger partial charge in [-0.25, -0.2) is 4.79 Å². The number of carbonyl (C=O) groups is 2. The molecule has 9 nitrogen and oxygen atoms in total. The minimum Gasteiger partial charge on any atom is -0.360 e. The van der Waals surface area contributed by atoms with Crippen molar-refractivity contribution in [3.63, 3.8) is 0 Å². The lowest BCUT2D eigenvalue weighted by Gasteiger charge is -2.33. The largest absolute Gasteiger partial charge is 0.360 e. The third kappa shape index (κ3) is 3.54. The van der Waals surface area contributed by atoms with Crippen LogP contribution >= 0.6 is 0 Å². The SMILES string of the molecule is O=C1[C@@H]2CCCN2C(=O)N1CCC[NH+]1CCN(c2cccc([N+](=O)[O-])c2)CC1. The maximum absolute atomic E-state index is 12.4. The molecule has 4 rings (SSSR count). The number of imide groups is 1. The summed E-state index contributed by atoms with van der Waals surface area (Å²) in [5.74, 6) is -0.0204. The van der Waals surface area contributed by atoms with Crippen LogP contribution in [-0.4, -0.2) is 78.5 Å².